The van der Waals surface area contributed by atoms with Gasteiger partial charge in [0.1, 0.15) is 22.6 Å². The van der Waals surface area contributed by atoms with Gasteiger partial charge in [-0.25, -0.2) is 9.97 Å². The first-order valence-electron chi connectivity index (χ1n) is 12.7. The number of rotatable bonds is 1. The lowest BCUT2D eigenvalue weighted by Gasteiger charge is -2.06. The van der Waals surface area contributed by atoms with Crippen molar-refractivity contribution in [2.24, 2.45) is 0 Å². The summed E-state index contributed by atoms with van der Waals surface area (Å²) in [6, 6.07) is 26.4. The third-order valence-corrected chi connectivity index (χ3v) is 5.27. The molecule has 40 heavy (non-hydrogen) atoms. The molecule has 0 fully saturated rings. The lowest BCUT2D eigenvalue weighted by Crippen LogP contribution is -2.14. The summed E-state index contributed by atoms with van der Waals surface area (Å²) in [6.07, 6.45) is 0. The van der Waals surface area contributed by atoms with Gasteiger partial charge in [-0.3, -0.25) is 0 Å². The Morgan fingerprint density at radius 3 is 1.15 bits per heavy atom. The molecule has 0 bridgehead atoms. The molecule has 2 heterocycles. The van der Waals surface area contributed by atoms with Crippen molar-refractivity contribution in [1.29, 1.82) is 0 Å². The zero-order valence-electron chi connectivity index (χ0n) is 22.9. The summed E-state index contributed by atoms with van der Waals surface area (Å²) in [5.41, 5.74) is 3.39. The Hall–Kier alpha value is -5.10. The molecule has 0 atom stereocenters. The van der Waals surface area contributed by atoms with Crippen LogP contribution in [0.5, 0.6) is 0 Å². The van der Waals surface area contributed by atoms with E-state index in [2.05, 4.69) is 47.4 Å². The Kier molecular flexibility index (Phi) is 8.50. The van der Waals surface area contributed by atoms with E-state index >= 15 is 0 Å². The van der Waals surface area contributed by atoms with Crippen molar-refractivity contribution in [3.63, 3.8) is 0 Å². The van der Waals surface area contributed by atoms with Crippen LogP contribution in [0.4, 0.5) is 0 Å². The Labute approximate surface area is 236 Å². The van der Waals surface area contributed by atoms with E-state index in [-0.39, 0.29) is 0 Å². The fourth-order valence-electron chi connectivity index (χ4n) is 3.40. The molecule has 4 rings (SSSR count). The van der Waals surface area contributed by atoms with E-state index in [0.717, 1.165) is 22.3 Å². The number of benzene rings is 2. The highest BCUT2D eigenvalue weighted by molar-refractivity contribution is 5.58. The van der Waals surface area contributed by atoms with E-state index in [0.29, 0.717) is 22.8 Å². The van der Waals surface area contributed by atoms with E-state index in [4.69, 9.17) is 9.97 Å². The molecular weight excluding hydrogens is 492 g/mol. The maximum atomic E-state index is 9.94. The topological polar surface area (TPSA) is 66.2 Å². The van der Waals surface area contributed by atoms with Crippen molar-refractivity contribution in [3.8, 4) is 58.8 Å². The fraction of sp³-hybridized carbons (Fsp3) is 0.167. The second-order valence-electron chi connectivity index (χ2n) is 10.0. The van der Waals surface area contributed by atoms with E-state index in [9.17, 15) is 10.2 Å². The van der Waals surface area contributed by atoms with Crippen molar-refractivity contribution < 1.29 is 10.2 Å². The van der Waals surface area contributed by atoms with E-state index in [1.807, 2.05) is 84.9 Å². The molecular formula is C36H28N2O2. The molecule has 0 aliphatic rings. The zero-order chi connectivity index (χ0) is 28.6. The molecule has 2 N–H and O–H groups in total. The van der Waals surface area contributed by atoms with Gasteiger partial charge in [-0.15, -0.1) is 0 Å². The van der Waals surface area contributed by atoms with Crippen molar-refractivity contribution in [3.05, 3.63) is 119 Å². The van der Waals surface area contributed by atoms with Crippen LogP contribution < -0.4 is 0 Å². The normalized spacial score (nSPS) is 10.4. The van der Waals surface area contributed by atoms with Gasteiger partial charge in [-0.1, -0.05) is 71.9 Å². The average Bonchev–Trinajstić information content (AvgIpc) is 2.93. The first kappa shape index (κ1) is 27.9. The molecule has 2 aromatic carbocycles. The molecule has 0 aliphatic carbocycles. The zero-order valence-corrected chi connectivity index (χ0v) is 22.9. The molecule has 0 unspecified atom stereocenters. The second-order valence-corrected chi connectivity index (χ2v) is 10.0. The third kappa shape index (κ3) is 8.46. The molecule has 0 aliphatic heterocycles. The van der Waals surface area contributed by atoms with Crippen LogP contribution in [-0.2, 0) is 0 Å². The standard InChI is InChI=1S/C36H28N2O2/c1-35(2,39)25-23-29-13-7-5-11-27(29)19-21-31-15-9-17-33(37-31)34-18-10-16-32(38-34)22-20-28-12-6-8-14-30(28)24-26-36(3,4)40/h5-18,39-40H,1-4H3. The van der Waals surface area contributed by atoms with Crippen molar-refractivity contribution in [2.75, 3.05) is 0 Å². The van der Waals surface area contributed by atoms with Gasteiger partial charge in [0.2, 0.25) is 0 Å². The highest BCUT2D eigenvalue weighted by atomic mass is 16.3. The van der Waals surface area contributed by atoms with Crippen LogP contribution in [0, 0.1) is 47.4 Å². The number of aromatic nitrogens is 2. The molecule has 0 saturated carbocycles. The van der Waals surface area contributed by atoms with Crippen LogP contribution in [0.25, 0.3) is 11.4 Å². The number of hydrogen-bond donors (Lipinski definition) is 2. The van der Waals surface area contributed by atoms with Crippen LogP contribution in [0.3, 0.4) is 0 Å². The molecule has 4 heteroatoms. The van der Waals surface area contributed by atoms with Crippen LogP contribution in [0.1, 0.15) is 61.3 Å². The highest BCUT2D eigenvalue weighted by Crippen LogP contribution is 2.16. The van der Waals surface area contributed by atoms with Gasteiger partial charge < -0.3 is 10.2 Å². The summed E-state index contributed by atoms with van der Waals surface area (Å²) in [6.45, 7) is 6.58. The lowest BCUT2D eigenvalue weighted by molar-refractivity contribution is 0.143. The molecule has 0 saturated heterocycles. The number of aliphatic hydroxyl groups is 2. The number of hydrogen-bond acceptors (Lipinski definition) is 4. The van der Waals surface area contributed by atoms with Crippen LogP contribution >= 0.6 is 0 Å². The summed E-state index contributed by atoms with van der Waals surface area (Å²) in [5, 5.41) is 19.9. The van der Waals surface area contributed by atoms with Gasteiger partial charge in [-0.2, -0.15) is 0 Å². The van der Waals surface area contributed by atoms with Crippen molar-refractivity contribution in [1.82, 2.24) is 9.97 Å². The van der Waals surface area contributed by atoms with Crippen molar-refractivity contribution in [2.45, 2.75) is 38.9 Å². The first-order valence-corrected chi connectivity index (χ1v) is 12.7. The molecule has 0 radical (unpaired) electrons. The second kappa shape index (κ2) is 12.2. The SMILES string of the molecule is CC(C)(O)C#Cc1ccccc1C#Cc1cccc(-c2cccc(C#Cc3ccccc3C#CC(C)(C)O)n2)n1. The third-order valence-electron chi connectivity index (χ3n) is 5.27. The van der Waals surface area contributed by atoms with Crippen molar-refractivity contribution >= 4 is 0 Å². The van der Waals surface area contributed by atoms with E-state index in [1.165, 1.54) is 0 Å². The Morgan fingerprint density at radius 1 is 0.450 bits per heavy atom. The maximum absolute atomic E-state index is 9.94. The van der Waals surface area contributed by atoms with Gasteiger partial charge in [0.25, 0.3) is 0 Å². The summed E-state index contributed by atoms with van der Waals surface area (Å²) in [4.78, 5) is 9.38. The predicted molar refractivity (Wildman–Crippen MR) is 159 cm³/mol. The first-order chi connectivity index (χ1) is 19.1. The summed E-state index contributed by atoms with van der Waals surface area (Å²) < 4.78 is 0. The lowest BCUT2D eigenvalue weighted by atomic mass is 10.1. The van der Waals surface area contributed by atoms with Crippen LogP contribution in [0.2, 0.25) is 0 Å². The van der Waals surface area contributed by atoms with Gasteiger partial charge in [0.15, 0.2) is 0 Å². The summed E-state index contributed by atoms with van der Waals surface area (Å²) >= 11 is 0. The van der Waals surface area contributed by atoms with Gasteiger partial charge in [0.05, 0.1) is 11.4 Å². The Morgan fingerprint density at radius 2 is 0.800 bits per heavy atom. The minimum Gasteiger partial charge on any atom is -0.378 e. The Bertz CT molecular complexity index is 1660. The van der Waals surface area contributed by atoms with Crippen LogP contribution in [-0.4, -0.2) is 31.4 Å². The molecule has 2 aromatic heterocycles. The quantitative estimate of drug-likeness (QED) is 0.339. The summed E-state index contributed by atoms with van der Waals surface area (Å²) in [7, 11) is 0. The largest absolute Gasteiger partial charge is 0.378 e. The molecule has 0 amide bonds. The monoisotopic (exact) mass is 520 g/mol. The summed E-state index contributed by atoms with van der Waals surface area (Å²) in [5.74, 6) is 24.2. The molecule has 4 nitrogen and oxygen atoms in total. The Balaban J connectivity index is 1.60. The average molecular weight is 521 g/mol. The number of nitrogens with zero attached hydrogens (tertiary/aromatic N) is 2. The predicted octanol–water partition coefficient (Wildman–Crippen LogP) is 5.19. The van der Waals surface area contributed by atoms with E-state index < -0.39 is 11.2 Å². The maximum Gasteiger partial charge on any atom is 0.120 e. The van der Waals surface area contributed by atoms with Gasteiger partial charge >= 0.3 is 0 Å². The molecule has 4 aromatic rings. The van der Waals surface area contributed by atoms with Crippen LogP contribution in [0.15, 0.2) is 84.9 Å². The van der Waals surface area contributed by atoms with Gasteiger partial charge in [0, 0.05) is 22.3 Å². The smallest absolute Gasteiger partial charge is 0.120 e. The van der Waals surface area contributed by atoms with E-state index in [1.54, 1.807) is 27.7 Å². The molecule has 194 valence electrons. The fourth-order valence-corrected chi connectivity index (χ4v) is 3.40. The number of pyridine rings is 2. The highest BCUT2D eigenvalue weighted by Gasteiger charge is 2.08. The minimum absolute atomic E-state index is 0.598. The molecule has 0 spiro atoms. The van der Waals surface area contributed by atoms with Gasteiger partial charge in [-0.05, 0) is 88.1 Å². The minimum atomic E-state index is -1.09.